The van der Waals surface area contributed by atoms with Crippen molar-refractivity contribution >= 4 is 0 Å². The maximum absolute atomic E-state index is 9.54. The summed E-state index contributed by atoms with van der Waals surface area (Å²) in [6, 6.07) is 0.721. The van der Waals surface area contributed by atoms with E-state index in [4.69, 9.17) is 0 Å². The van der Waals surface area contributed by atoms with Crippen molar-refractivity contribution in [2.24, 2.45) is 23.2 Å². The summed E-state index contributed by atoms with van der Waals surface area (Å²) < 4.78 is 0. The van der Waals surface area contributed by atoms with E-state index in [0.717, 1.165) is 18.5 Å². The minimum absolute atomic E-state index is 0.392. The van der Waals surface area contributed by atoms with Gasteiger partial charge in [0.15, 0.2) is 0 Å². The summed E-state index contributed by atoms with van der Waals surface area (Å²) in [5.41, 5.74) is 0.472. The van der Waals surface area contributed by atoms with E-state index >= 15 is 0 Å². The second-order valence-corrected chi connectivity index (χ2v) is 8.66. The van der Waals surface area contributed by atoms with Crippen LogP contribution < -0.4 is 5.32 Å². The molecular weight excluding hydrogens is 258 g/mol. The van der Waals surface area contributed by atoms with Gasteiger partial charge in [-0.05, 0) is 68.2 Å². The minimum Gasteiger partial charge on any atom is -0.396 e. The van der Waals surface area contributed by atoms with Gasteiger partial charge in [0.2, 0.25) is 0 Å². The van der Waals surface area contributed by atoms with Crippen molar-refractivity contribution in [3.05, 3.63) is 0 Å². The van der Waals surface area contributed by atoms with Crippen LogP contribution in [0.4, 0.5) is 0 Å². The number of nitrogens with one attached hydrogen (secondary N) is 1. The van der Waals surface area contributed by atoms with Gasteiger partial charge < -0.3 is 10.4 Å². The van der Waals surface area contributed by atoms with Crippen LogP contribution >= 0.6 is 0 Å². The molecule has 2 N–H and O–H groups in total. The van der Waals surface area contributed by atoms with Gasteiger partial charge in [0.25, 0.3) is 0 Å². The smallest absolute Gasteiger partial charge is 0.0462 e. The molecule has 2 heteroatoms. The molecule has 2 fully saturated rings. The van der Waals surface area contributed by atoms with Crippen molar-refractivity contribution in [2.75, 3.05) is 13.2 Å². The SMILES string of the molecule is CC(C)(C)C1CCCC(NCC2CCCCC2CO)CC1. The molecule has 4 unspecified atom stereocenters. The first-order chi connectivity index (χ1) is 10.0. The quantitative estimate of drug-likeness (QED) is 0.755. The van der Waals surface area contributed by atoms with E-state index in [2.05, 4.69) is 26.1 Å². The normalized spacial score (nSPS) is 35.4. The lowest BCUT2D eigenvalue weighted by molar-refractivity contribution is 0.130. The van der Waals surface area contributed by atoms with E-state index in [-0.39, 0.29) is 0 Å². The first kappa shape index (κ1) is 17.3. The molecule has 0 spiro atoms. The predicted molar refractivity (Wildman–Crippen MR) is 90.4 cm³/mol. The molecule has 0 radical (unpaired) electrons. The molecule has 0 heterocycles. The molecule has 0 aromatic rings. The molecule has 21 heavy (non-hydrogen) atoms. The van der Waals surface area contributed by atoms with Gasteiger partial charge in [-0.3, -0.25) is 0 Å². The molecular formula is C19H37NO. The minimum atomic E-state index is 0.392. The molecule has 124 valence electrons. The van der Waals surface area contributed by atoms with Gasteiger partial charge in [-0.15, -0.1) is 0 Å². The summed E-state index contributed by atoms with van der Waals surface area (Å²) in [5.74, 6) is 2.16. The monoisotopic (exact) mass is 295 g/mol. The fourth-order valence-corrected chi connectivity index (χ4v) is 4.48. The van der Waals surface area contributed by atoms with Crippen molar-refractivity contribution in [3.8, 4) is 0 Å². The molecule has 0 bridgehead atoms. The summed E-state index contributed by atoms with van der Waals surface area (Å²) in [6.07, 6.45) is 12.1. The van der Waals surface area contributed by atoms with E-state index in [0.29, 0.717) is 23.9 Å². The fraction of sp³-hybridized carbons (Fsp3) is 1.00. The topological polar surface area (TPSA) is 32.3 Å². The molecule has 0 saturated heterocycles. The third-order valence-corrected chi connectivity index (χ3v) is 6.16. The highest BCUT2D eigenvalue weighted by Gasteiger charge is 2.29. The van der Waals surface area contributed by atoms with Crippen molar-refractivity contribution in [1.82, 2.24) is 5.32 Å². The zero-order valence-corrected chi connectivity index (χ0v) is 14.5. The fourth-order valence-electron chi connectivity index (χ4n) is 4.48. The van der Waals surface area contributed by atoms with E-state index in [1.807, 2.05) is 0 Å². The molecule has 4 atom stereocenters. The highest BCUT2D eigenvalue weighted by atomic mass is 16.3. The Hall–Kier alpha value is -0.0800. The Morgan fingerprint density at radius 3 is 2.24 bits per heavy atom. The number of hydrogen-bond acceptors (Lipinski definition) is 2. The average molecular weight is 296 g/mol. The second-order valence-electron chi connectivity index (χ2n) is 8.66. The van der Waals surface area contributed by atoms with Crippen LogP contribution in [0.25, 0.3) is 0 Å². The predicted octanol–water partition coefficient (Wildman–Crippen LogP) is 4.37. The zero-order valence-electron chi connectivity index (χ0n) is 14.5. The van der Waals surface area contributed by atoms with Gasteiger partial charge in [-0.2, -0.15) is 0 Å². The Balaban J connectivity index is 1.76. The maximum atomic E-state index is 9.54. The molecule has 0 amide bonds. The Morgan fingerprint density at radius 1 is 0.857 bits per heavy atom. The maximum Gasteiger partial charge on any atom is 0.0462 e. The van der Waals surface area contributed by atoms with E-state index < -0.39 is 0 Å². The summed E-state index contributed by atoms with van der Waals surface area (Å²) in [6.45, 7) is 8.73. The van der Waals surface area contributed by atoms with Crippen LogP contribution in [-0.4, -0.2) is 24.3 Å². The first-order valence-electron chi connectivity index (χ1n) is 9.35. The van der Waals surface area contributed by atoms with Crippen LogP contribution in [0.2, 0.25) is 0 Å². The van der Waals surface area contributed by atoms with Gasteiger partial charge in [0.05, 0.1) is 0 Å². The van der Waals surface area contributed by atoms with Crippen LogP contribution in [0, 0.1) is 23.2 Å². The number of rotatable bonds is 4. The van der Waals surface area contributed by atoms with Crippen molar-refractivity contribution in [1.29, 1.82) is 0 Å². The first-order valence-corrected chi connectivity index (χ1v) is 9.35. The van der Waals surface area contributed by atoms with E-state index in [1.54, 1.807) is 0 Å². The van der Waals surface area contributed by atoms with Gasteiger partial charge >= 0.3 is 0 Å². The van der Waals surface area contributed by atoms with Crippen LogP contribution in [0.1, 0.15) is 78.6 Å². The Kier molecular flexibility index (Phi) is 6.55. The number of aliphatic hydroxyl groups excluding tert-OH is 1. The third-order valence-electron chi connectivity index (χ3n) is 6.16. The number of hydrogen-bond donors (Lipinski definition) is 2. The summed E-state index contributed by atoms with van der Waals surface area (Å²) >= 11 is 0. The van der Waals surface area contributed by atoms with Crippen LogP contribution in [-0.2, 0) is 0 Å². The molecule has 0 aliphatic heterocycles. The molecule has 2 nitrogen and oxygen atoms in total. The van der Waals surface area contributed by atoms with E-state index in [1.165, 1.54) is 57.8 Å². The number of aliphatic hydroxyl groups is 1. The molecule has 2 aliphatic rings. The van der Waals surface area contributed by atoms with Crippen LogP contribution in [0.15, 0.2) is 0 Å². The van der Waals surface area contributed by atoms with Gasteiger partial charge in [-0.25, -0.2) is 0 Å². The second kappa shape index (κ2) is 7.97. The highest BCUT2D eigenvalue weighted by Crippen LogP contribution is 2.37. The van der Waals surface area contributed by atoms with Crippen molar-refractivity contribution in [2.45, 2.75) is 84.6 Å². The molecule has 0 aromatic carbocycles. The van der Waals surface area contributed by atoms with Gasteiger partial charge in [0, 0.05) is 12.6 Å². The Bertz CT molecular complexity index is 296. The lowest BCUT2D eigenvalue weighted by Gasteiger charge is -2.32. The van der Waals surface area contributed by atoms with Crippen LogP contribution in [0.3, 0.4) is 0 Å². The van der Waals surface area contributed by atoms with Crippen molar-refractivity contribution < 1.29 is 5.11 Å². The summed E-state index contributed by atoms with van der Waals surface area (Å²) in [4.78, 5) is 0. The largest absolute Gasteiger partial charge is 0.396 e. The van der Waals surface area contributed by atoms with Gasteiger partial charge in [-0.1, -0.05) is 40.0 Å². The van der Waals surface area contributed by atoms with E-state index in [9.17, 15) is 5.11 Å². The average Bonchev–Trinajstić information content (AvgIpc) is 2.70. The molecule has 2 saturated carbocycles. The lowest BCUT2D eigenvalue weighted by atomic mass is 9.76. The van der Waals surface area contributed by atoms with Crippen molar-refractivity contribution in [3.63, 3.8) is 0 Å². The standard InChI is InChI=1S/C19H37NO/c1-19(2,3)17-9-6-10-18(12-11-17)20-13-15-7-4-5-8-16(15)14-21/h15-18,20-21H,4-14H2,1-3H3. The highest BCUT2D eigenvalue weighted by molar-refractivity contribution is 4.83. The third kappa shape index (κ3) is 5.25. The van der Waals surface area contributed by atoms with Crippen LogP contribution in [0.5, 0.6) is 0 Å². The lowest BCUT2D eigenvalue weighted by Crippen LogP contribution is -2.37. The molecule has 2 rings (SSSR count). The zero-order chi connectivity index (χ0) is 15.3. The Morgan fingerprint density at radius 2 is 1.57 bits per heavy atom. The summed E-state index contributed by atoms with van der Waals surface area (Å²) in [7, 11) is 0. The Labute approximate surface area is 132 Å². The molecule has 2 aliphatic carbocycles. The summed E-state index contributed by atoms with van der Waals surface area (Å²) in [5, 5.41) is 13.4. The molecule has 0 aromatic heterocycles. The van der Waals surface area contributed by atoms with Gasteiger partial charge in [0.1, 0.15) is 0 Å².